The molecule has 0 aromatic carbocycles. The van der Waals surface area contributed by atoms with E-state index < -0.39 is 71.3 Å². The Hall–Kier alpha value is -2.20. The normalized spacial score (nSPS) is 27.5. The maximum absolute atomic E-state index is 14.1. The first-order valence-electron chi connectivity index (χ1n) is 12.1. The van der Waals surface area contributed by atoms with Crippen LogP contribution in [-0.2, 0) is 4.74 Å². The summed E-state index contributed by atoms with van der Waals surface area (Å²) >= 11 is 0. The second-order valence-corrected chi connectivity index (χ2v) is 11.3. The van der Waals surface area contributed by atoms with Crippen LogP contribution in [0.15, 0.2) is 0 Å². The van der Waals surface area contributed by atoms with Crippen LogP contribution >= 0.6 is 0 Å². The summed E-state index contributed by atoms with van der Waals surface area (Å²) in [6.45, 7) is 0. The largest absolute Gasteiger partial charge is 0.474 e. The molecule has 0 saturated heterocycles. The minimum absolute atomic E-state index is 0.00116. The number of carbonyl (C=O) groups excluding carboxylic acids is 1. The van der Waals surface area contributed by atoms with E-state index in [0.717, 1.165) is 0 Å². The molecule has 0 aliphatic heterocycles. The van der Waals surface area contributed by atoms with Crippen molar-refractivity contribution in [1.29, 1.82) is 0 Å². The predicted molar refractivity (Wildman–Crippen MR) is 101 cm³/mol. The summed E-state index contributed by atoms with van der Waals surface area (Å²) < 4.78 is 286. The first-order chi connectivity index (χ1) is 19.6. The zero-order chi connectivity index (χ0) is 35.5. The highest BCUT2D eigenvalue weighted by Gasteiger charge is 2.98. The van der Waals surface area contributed by atoms with Gasteiger partial charge in [-0.15, -0.1) is 0 Å². The summed E-state index contributed by atoms with van der Waals surface area (Å²) in [7, 11) is 0. The number of alkyl halides is 21. The molecule has 1 amide bonds. The first-order valence-corrected chi connectivity index (χ1v) is 12.1. The molecule has 0 heterocycles. The number of halogens is 21. The molecule has 45 heavy (non-hydrogen) atoms. The molecular weight excluding hydrogens is 697 g/mol. The average molecular weight is 713 g/mol. The molecule has 0 aromatic rings. The zero-order valence-corrected chi connectivity index (χ0v) is 21.2. The Balaban J connectivity index is 1.93. The number of rotatable bonds is 10. The van der Waals surface area contributed by atoms with Crippen LogP contribution in [0.4, 0.5) is 97.0 Å². The van der Waals surface area contributed by atoms with Gasteiger partial charge in [0, 0.05) is 5.54 Å². The molecule has 0 atom stereocenters. The fourth-order valence-corrected chi connectivity index (χ4v) is 6.23. The highest BCUT2D eigenvalue weighted by atomic mass is 19.4. The number of carbonyl (C=O) groups is 1. The van der Waals surface area contributed by atoms with Crippen LogP contribution in [0.3, 0.4) is 0 Å². The lowest BCUT2D eigenvalue weighted by Crippen LogP contribution is -2.77. The summed E-state index contributed by atoms with van der Waals surface area (Å²) in [6.07, 6.45) is -16.5. The van der Waals surface area contributed by atoms with Crippen molar-refractivity contribution < 1.29 is 102 Å². The Morgan fingerprint density at radius 1 is 0.467 bits per heavy atom. The van der Waals surface area contributed by atoms with Gasteiger partial charge in [-0.25, -0.2) is 4.79 Å². The van der Waals surface area contributed by atoms with E-state index in [1.807, 2.05) is 0 Å². The monoisotopic (exact) mass is 713 g/mol. The third-order valence-corrected chi connectivity index (χ3v) is 8.11. The Morgan fingerprint density at radius 2 is 0.733 bits per heavy atom. The molecule has 0 radical (unpaired) electrons. The second kappa shape index (κ2) is 9.91. The van der Waals surface area contributed by atoms with Crippen molar-refractivity contribution in [3.63, 3.8) is 0 Å². The van der Waals surface area contributed by atoms with E-state index in [4.69, 9.17) is 0 Å². The van der Waals surface area contributed by atoms with Gasteiger partial charge in [-0.05, 0) is 56.3 Å². The Morgan fingerprint density at radius 3 is 1.02 bits per heavy atom. The lowest BCUT2D eigenvalue weighted by molar-refractivity contribution is -0.481. The molecule has 4 aliphatic rings. The van der Waals surface area contributed by atoms with Crippen molar-refractivity contribution in [1.82, 2.24) is 5.32 Å². The van der Waals surface area contributed by atoms with Crippen LogP contribution in [0.2, 0.25) is 0 Å². The highest BCUT2D eigenvalue weighted by Crippen LogP contribution is 2.66. The SMILES string of the molecule is O=C(NC12CC3CC(CC(C3)C1)C2)OC(F)(F)C(F)(F)C(F)(F)C(F)(F)C(F)(F)C(F)(F)C(F)(F)C(F)(F)C(F)(F)C(F)(F)F. The Labute approximate surface area is 235 Å². The van der Waals surface area contributed by atoms with E-state index in [1.54, 1.807) is 5.32 Å². The van der Waals surface area contributed by atoms with Gasteiger partial charge in [0.2, 0.25) is 0 Å². The summed E-state index contributed by atoms with van der Waals surface area (Å²) in [4.78, 5) is 11.9. The van der Waals surface area contributed by atoms with Gasteiger partial charge in [-0.3, -0.25) is 0 Å². The molecule has 4 aliphatic carbocycles. The number of ether oxygens (including phenoxy) is 1. The van der Waals surface area contributed by atoms with Crippen LogP contribution in [-0.4, -0.2) is 71.3 Å². The fraction of sp³-hybridized carbons (Fsp3) is 0.952. The average Bonchev–Trinajstić information content (AvgIpc) is 2.80. The highest BCUT2D eigenvalue weighted by molar-refractivity contribution is 5.69. The molecule has 4 fully saturated rings. The number of alkyl carbamates (subject to hydrolysis) is 1. The summed E-state index contributed by atoms with van der Waals surface area (Å²) in [5.74, 6) is -71.8. The number of hydrogen-bond acceptors (Lipinski definition) is 2. The van der Waals surface area contributed by atoms with E-state index in [2.05, 4.69) is 4.74 Å². The third kappa shape index (κ3) is 4.94. The van der Waals surface area contributed by atoms with E-state index >= 15 is 0 Å². The zero-order valence-electron chi connectivity index (χ0n) is 21.2. The van der Waals surface area contributed by atoms with Crippen LogP contribution < -0.4 is 5.32 Å². The molecule has 0 spiro atoms. The van der Waals surface area contributed by atoms with Gasteiger partial charge in [0.25, 0.3) is 0 Å². The summed E-state index contributed by atoms with van der Waals surface area (Å²) in [5.41, 5.74) is -1.48. The first kappa shape index (κ1) is 37.3. The van der Waals surface area contributed by atoms with Crippen LogP contribution in [0.5, 0.6) is 0 Å². The maximum Gasteiger partial charge on any atom is 0.474 e. The predicted octanol–water partition coefficient (Wildman–Crippen LogP) is 8.92. The Kier molecular flexibility index (Phi) is 8.20. The van der Waals surface area contributed by atoms with Crippen molar-refractivity contribution in [2.75, 3.05) is 0 Å². The quantitative estimate of drug-likeness (QED) is 0.230. The van der Waals surface area contributed by atoms with Gasteiger partial charge in [0.05, 0.1) is 0 Å². The molecule has 0 unspecified atom stereocenters. The fourth-order valence-electron chi connectivity index (χ4n) is 6.23. The van der Waals surface area contributed by atoms with Crippen LogP contribution in [0, 0.1) is 17.8 Å². The molecule has 4 saturated carbocycles. The molecule has 4 rings (SSSR count). The molecular formula is C21H16F21NO2. The number of amides is 1. The minimum atomic E-state index is -9.26. The van der Waals surface area contributed by atoms with Crippen molar-refractivity contribution >= 4 is 6.09 Å². The van der Waals surface area contributed by atoms with E-state index in [1.165, 1.54) is 0 Å². The summed E-state index contributed by atoms with van der Waals surface area (Å²) in [6, 6.07) is 0. The van der Waals surface area contributed by atoms with Crippen LogP contribution in [0.25, 0.3) is 0 Å². The van der Waals surface area contributed by atoms with Crippen molar-refractivity contribution in [3.8, 4) is 0 Å². The van der Waals surface area contributed by atoms with E-state index in [0.29, 0.717) is 19.3 Å². The molecule has 1 N–H and O–H groups in total. The topological polar surface area (TPSA) is 38.3 Å². The van der Waals surface area contributed by atoms with Crippen molar-refractivity contribution in [3.05, 3.63) is 0 Å². The molecule has 264 valence electrons. The molecule has 3 nitrogen and oxygen atoms in total. The van der Waals surface area contributed by atoms with Gasteiger partial charge in [-0.2, -0.15) is 92.2 Å². The third-order valence-electron chi connectivity index (χ3n) is 8.11. The van der Waals surface area contributed by atoms with Gasteiger partial charge < -0.3 is 10.1 Å². The number of nitrogens with one attached hydrogen (secondary N) is 1. The summed E-state index contributed by atoms with van der Waals surface area (Å²) in [5, 5.41) is 1.64. The molecule has 24 heteroatoms. The van der Waals surface area contributed by atoms with Gasteiger partial charge in [0.15, 0.2) is 0 Å². The van der Waals surface area contributed by atoms with Gasteiger partial charge in [0.1, 0.15) is 0 Å². The van der Waals surface area contributed by atoms with E-state index in [-0.39, 0.29) is 37.0 Å². The number of hydrogen-bond donors (Lipinski definition) is 1. The van der Waals surface area contributed by atoms with Crippen LogP contribution in [0.1, 0.15) is 38.5 Å². The van der Waals surface area contributed by atoms with Gasteiger partial charge >= 0.3 is 65.8 Å². The van der Waals surface area contributed by atoms with Gasteiger partial charge in [-0.1, -0.05) is 0 Å². The van der Waals surface area contributed by atoms with Crippen molar-refractivity contribution in [2.24, 2.45) is 17.8 Å². The standard InChI is InChI=1S/C21H16F21NO2/c22-12(23,14(26,27)16(30,31)18(34,35)20(38,39)40)13(24,25)15(28,29)17(32,33)19(36,37)21(41,42)45-10(44)43-11-4-7-1-8(5-11)3-9(2-7)6-11/h7-9H,1-6H2,(H,43,44). The lowest BCUT2D eigenvalue weighted by atomic mass is 9.53. The lowest BCUT2D eigenvalue weighted by Gasteiger charge is -2.56. The maximum atomic E-state index is 14.1. The molecule has 4 bridgehead atoms. The Bertz CT molecular complexity index is 1120. The minimum Gasteiger partial charge on any atom is -0.379 e. The van der Waals surface area contributed by atoms with E-state index in [9.17, 15) is 97.0 Å². The second-order valence-electron chi connectivity index (χ2n) is 11.3. The van der Waals surface area contributed by atoms with Crippen molar-refractivity contribution in [2.45, 2.75) is 104 Å². The molecule has 0 aromatic heterocycles. The smallest absolute Gasteiger partial charge is 0.379 e.